The highest BCUT2D eigenvalue weighted by Crippen LogP contribution is 2.10. The van der Waals surface area contributed by atoms with Gasteiger partial charge in [0.25, 0.3) is 5.91 Å². The molecule has 2 N–H and O–H groups in total. The monoisotopic (exact) mass is 249 g/mol. The first-order valence-corrected chi connectivity index (χ1v) is 5.19. The maximum atomic E-state index is 12.9. The highest BCUT2D eigenvalue weighted by molar-refractivity contribution is 5.97. The number of hydrogen-bond donors (Lipinski definition) is 2. The zero-order valence-corrected chi connectivity index (χ0v) is 9.74. The molecule has 1 aromatic rings. The van der Waals surface area contributed by atoms with E-state index in [1.165, 1.54) is 12.1 Å². The van der Waals surface area contributed by atoms with Crippen LogP contribution in [0.2, 0.25) is 0 Å². The molecule has 94 valence electrons. The molecule has 1 aromatic carbocycles. The molecule has 0 spiro atoms. The average Bonchev–Trinajstić information content (AvgIpc) is 2.27. The lowest BCUT2D eigenvalue weighted by Gasteiger charge is -2.13. The summed E-state index contributed by atoms with van der Waals surface area (Å²) in [5, 5.41) is 11.1. The van der Waals surface area contributed by atoms with Crippen molar-refractivity contribution in [3.05, 3.63) is 35.1 Å². The topological polar surface area (TPSA) is 66.4 Å². The molecule has 1 rings (SSSR count). The quantitative estimate of drug-likeness (QED) is 0.791. The van der Waals surface area contributed by atoms with E-state index in [1.807, 2.05) is 0 Å². The third-order valence-corrected chi connectivity index (χ3v) is 2.36. The number of terminal acetylenes is 1. The summed E-state index contributed by atoms with van der Waals surface area (Å²) in [5.74, 6) is -0.0771. The third-order valence-electron chi connectivity index (χ3n) is 2.36. The zero-order chi connectivity index (χ0) is 13.7. The summed E-state index contributed by atoms with van der Waals surface area (Å²) in [4.78, 5) is 22.6. The number of halogens is 1. The first kappa shape index (κ1) is 13.7. The van der Waals surface area contributed by atoms with Crippen LogP contribution in [0.25, 0.3) is 0 Å². The predicted molar refractivity (Wildman–Crippen MR) is 63.5 cm³/mol. The van der Waals surface area contributed by atoms with Crippen LogP contribution in [-0.2, 0) is 4.79 Å². The summed E-state index contributed by atoms with van der Waals surface area (Å²) in [7, 11) is 0. The lowest BCUT2D eigenvalue weighted by atomic mass is 10.1. The van der Waals surface area contributed by atoms with Gasteiger partial charge in [0.05, 0.1) is 0 Å². The van der Waals surface area contributed by atoms with Crippen LogP contribution in [0.4, 0.5) is 4.39 Å². The van der Waals surface area contributed by atoms with Crippen LogP contribution >= 0.6 is 0 Å². The summed E-state index contributed by atoms with van der Waals surface area (Å²) in [6, 6.07) is 2.49. The number of amides is 1. The van der Waals surface area contributed by atoms with Crippen molar-refractivity contribution in [2.24, 2.45) is 0 Å². The van der Waals surface area contributed by atoms with Crippen molar-refractivity contribution in [1.29, 1.82) is 0 Å². The number of carboxylic acids is 1. The highest BCUT2D eigenvalue weighted by Gasteiger charge is 2.20. The summed E-state index contributed by atoms with van der Waals surface area (Å²) in [6.45, 7) is 1.56. The van der Waals surface area contributed by atoms with Crippen molar-refractivity contribution in [3.63, 3.8) is 0 Å². The van der Waals surface area contributed by atoms with Crippen LogP contribution in [0.15, 0.2) is 18.2 Å². The number of aryl methyl sites for hydroxylation is 1. The van der Waals surface area contributed by atoms with Gasteiger partial charge in [-0.25, -0.2) is 9.18 Å². The smallest absolute Gasteiger partial charge is 0.327 e. The van der Waals surface area contributed by atoms with E-state index in [9.17, 15) is 14.0 Å². The second-order valence-electron chi connectivity index (χ2n) is 3.73. The van der Waals surface area contributed by atoms with E-state index in [1.54, 1.807) is 6.92 Å². The van der Waals surface area contributed by atoms with Gasteiger partial charge in [-0.2, -0.15) is 0 Å². The minimum Gasteiger partial charge on any atom is -0.480 e. The first-order chi connectivity index (χ1) is 8.45. The average molecular weight is 249 g/mol. The zero-order valence-electron chi connectivity index (χ0n) is 9.74. The molecule has 0 fully saturated rings. The molecular weight excluding hydrogens is 237 g/mol. The number of hydrogen-bond acceptors (Lipinski definition) is 2. The Labute approximate surface area is 104 Å². The van der Waals surface area contributed by atoms with Crippen LogP contribution in [0, 0.1) is 25.1 Å². The second kappa shape index (κ2) is 5.82. The number of aliphatic carboxylic acids is 1. The van der Waals surface area contributed by atoms with E-state index in [4.69, 9.17) is 11.5 Å². The fourth-order valence-electron chi connectivity index (χ4n) is 1.44. The van der Waals surface area contributed by atoms with E-state index in [-0.39, 0.29) is 12.0 Å². The van der Waals surface area contributed by atoms with E-state index >= 15 is 0 Å². The van der Waals surface area contributed by atoms with Gasteiger partial charge < -0.3 is 10.4 Å². The number of nitrogens with one attached hydrogen (secondary N) is 1. The molecule has 1 amide bonds. The summed E-state index contributed by atoms with van der Waals surface area (Å²) < 4.78 is 12.9. The van der Waals surface area contributed by atoms with Gasteiger partial charge in [-0.05, 0) is 30.7 Å². The summed E-state index contributed by atoms with van der Waals surface area (Å²) in [5.41, 5.74) is 0.650. The highest BCUT2D eigenvalue weighted by atomic mass is 19.1. The fraction of sp³-hybridized carbons (Fsp3) is 0.231. The Morgan fingerprint density at radius 2 is 2.22 bits per heavy atom. The van der Waals surface area contributed by atoms with E-state index in [0.717, 1.165) is 6.07 Å². The van der Waals surface area contributed by atoms with Crippen molar-refractivity contribution >= 4 is 11.9 Å². The lowest BCUT2D eigenvalue weighted by molar-refractivity contribution is -0.139. The van der Waals surface area contributed by atoms with Crippen LogP contribution in [0.1, 0.15) is 22.3 Å². The minimum atomic E-state index is -1.21. The second-order valence-corrected chi connectivity index (χ2v) is 3.73. The number of rotatable bonds is 4. The fourth-order valence-corrected chi connectivity index (χ4v) is 1.44. The summed E-state index contributed by atoms with van der Waals surface area (Å²) in [6.07, 6.45) is 4.91. The van der Waals surface area contributed by atoms with Crippen LogP contribution in [-0.4, -0.2) is 23.0 Å². The molecule has 0 aromatic heterocycles. The number of carbonyl (C=O) groups is 2. The normalized spacial score (nSPS) is 11.4. The SMILES string of the molecule is C#CCC(NC(=O)c1ccc(F)cc1C)C(=O)O. The maximum absolute atomic E-state index is 12.9. The maximum Gasteiger partial charge on any atom is 0.327 e. The molecule has 1 atom stereocenters. The Balaban J connectivity index is 2.87. The Morgan fingerprint density at radius 1 is 1.56 bits per heavy atom. The van der Waals surface area contributed by atoms with Gasteiger partial charge >= 0.3 is 5.97 Å². The molecule has 0 saturated heterocycles. The van der Waals surface area contributed by atoms with E-state index in [2.05, 4.69) is 11.2 Å². The number of carbonyl (C=O) groups excluding carboxylic acids is 1. The Kier molecular flexibility index (Phi) is 4.44. The predicted octanol–water partition coefficient (Wildman–Crippen LogP) is 1.34. The van der Waals surface area contributed by atoms with E-state index in [0.29, 0.717) is 5.56 Å². The molecule has 4 nitrogen and oxygen atoms in total. The molecule has 0 bridgehead atoms. The molecular formula is C13H12FNO3. The Morgan fingerprint density at radius 3 is 2.72 bits per heavy atom. The largest absolute Gasteiger partial charge is 0.480 e. The molecule has 18 heavy (non-hydrogen) atoms. The van der Waals surface area contributed by atoms with Gasteiger partial charge in [-0.1, -0.05) is 0 Å². The molecule has 0 aliphatic heterocycles. The van der Waals surface area contributed by atoms with Gasteiger partial charge in [-0.15, -0.1) is 12.3 Å². The Hall–Kier alpha value is -2.35. The standard InChI is InChI=1S/C13H12FNO3/c1-3-4-11(13(17)18)15-12(16)10-6-5-9(14)7-8(10)2/h1,5-7,11H,4H2,2H3,(H,15,16)(H,17,18). The summed E-state index contributed by atoms with van der Waals surface area (Å²) >= 11 is 0. The van der Waals surface area contributed by atoms with Crippen LogP contribution < -0.4 is 5.32 Å². The van der Waals surface area contributed by atoms with Crippen LogP contribution in [0.5, 0.6) is 0 Å². The third kappa shape index (κ3) is 3.32. The van der Waals surface area contributed by atoms with E-state index < -0.39 is 23.7 Å². The van der Waals surface area contributed by atoms with Crippen molar-refractivity contribution < 1.29 is 19.1 Å². The molecule has 0 aliphatic rings. The Bertz CT molecular complexity index is 519. The molecule has 5 heteroatoms. The van der Waals surface area contributed by atoms with Crippen molar-refractivity contribution in [2.45, 2.75) is 19.4 Å². The van der Waals surface area contributed by atoms with Gasteiger partial charge in [0.2, 0.25) is 0 Å². The van der Waals surface area contributed by atoms with Crippen molar-refractivity contribution in [2.75, 3.05) is 0 Å². The number of benzene rings is 1. The lowest BCUT2D eigenvalue weighted by Crippen LogP contribution is -2.40. The molecule has 0 radical (unpaired) electrons. The van der Waals surface area contributed by atoms with Gasteiger partial charge in [0.15, 0.2) is 0 Å². The van der Waals surface area contributed by atoms with Gasteiger partial charge in [0, 0.05) is 12.0 Å². The van der Waals surface area contributed by atoms with Crippen molar-refractivity contribution in [1.82, 2.24) is 5.32 Å². The van der Waals surface area contributed by atoms with Gasteiger partial charge in [-0.3, -0.25) is 4.79 Å². The molecule has 0 aliphatic carbocycles. The van der Waals surface area contributed by atoms with Crippen LogP contribution in [0.3, 0.4) is 0 Å². The number of carboxylic acid groups (broad SMARTS) is 1. The van der Waals surface area contributed by atoms with Crippen molar-refractivity contribution in [3.8, 4) is 12.3 Å². The minimum absolute atomic E-state index is 0.110. The first-order valence-electron chi connectivity index (χ1n) is 5.19. The molecule has 1 unspecified atom stereocenters. The van der Waals surface area contributed by atoms with Gasteiger partial charge in [0.1, 0.15) is 11.9 Å². The molecule has 0 heterocycles. The molecule has 0 saturated carbocycles.